The maximum atomic E-state index is 14.0. The normalized spacial score (nSPS) is 37.0. The lowest BCUT2D eigenvalue weighted by Crippen LogP contribution is -2.63. The van der Waals surface area contributed by atoms with Crippen molar-refractivity contribution in [2.24, 2.45) is 34.0 Å². The predicted molar refractivity (Wildman–Crippen MR) is 180 cm³/mol. The van der Waals surface area contributed by atoms with Crippen molar-refractivity contribution in [1.82, 2.24) is 14.7 Å². The summed E-state index contributed by atoms with van der Waals surface area (Å²) in [5.41, 5.74) is -0.367. The number of aliphatic hydroxyl groups excluding tert-OH is 2. The first-order valence-corrected chi connectivity index (χ1v) is 17.6. The minimum Gasteiger partial charge on any atom is -0.445 e. The Morgan fingerprint density at radius 3 is 2.50 bits per heavy atom. The van der Waals surface area contributed by atoms with Crippen molar-refractivity contribution in [3.63, 3.8) is 0 Å². The molecular formula is C37H52N4O7. The molecule has 262 valence electrons. The van der Waals surface area contributed by atoms with Crippen molar-refractivity contribution in [3.05, 3.63) is 42.0 Å². The fourth-order valence-electron chi connectivity index (χ4n) is 9.93. The number of hydrogen-bond acceptors (Lipinski definition) is 9. The molecule has 8 atom stereocenters. The zero-order valence-corrected chi connectivity index (χ0v) is 28.9. The molecule has 1 aromatic rings. The minimum absolute atomic E-state index is 0.0447. The van der Waals surface area contributed by atoms with E-state index in [0.717, 1.165) is 43.9 Å². The smallest absolute Gasteiger partial charge is 0.417 e. The molecule has 0 spiro atoms. The average Bonchev–Trinajstić information content (AvgIpc) is 3.59. The van der Waals surface area contributed by atoms with Crippen molar-refractivity contribution in [2.75, 3.05) is 51.2 Å². The van der Waals surface area contributed by atoms with Gasteiger partial charge in [-0.15, -0.1) is 6.58 Å². The number of β-amino-alcohol motifs (C(OH)–C–C–N with tert-alkyl or cyclic N) is 1. The lowest BCUT2D eigenvalue weighted by molar-refractivity contribution is -0.192. The fourth-order valence-corrected chi connectivity index (χ4v) is 9.93. The predicted octanol–water partition coefficient (Wildman–Crippen LogP) is 3.69. The van der Waals surface area contributed by atoms with E-state index in [1.165, 1.54) is 0 Å². The minimum atomic E-state index is -0.773. The first-order chi connectivity index (χ1) is 22.8. The van der Waals surface area contributed by atoms with Gasteiger partial charge in [0.05, 0.1) is 25.8 Å². The van der Waals surface area contributed by atoms with E-state index in [2.05, 4.69) is 42.5 Å². The van der Waals surface area contributed by atoms with E-state index in [4.69, 9.17) is 9.84 Å². The quantitative estimate of drug-likeness (QED) is 0.373. The van der Waals surface area contributed by atoms with Crippen LogP contribution < -0.4 is 5.32 Å². The number of amides is 3. The summed E-state index contributed by atoms with van der Waals surface area (Å²) in [4.78, 5) is 59.6. The van der Waals surface area contributed by atoms with Gasteiger partial charge in [-0.2, -0.15) is 0 Å². The molecule has 11 nitrogen and oxygen atoms in total. The van der Waals surface area contributed by atoms with E-state index in [-0.39, 0.29) is 61.0 Å². The second-order valence-corrected chi connectivity index (χ2v) is 15.6. The molecule has 1 aromatic carbocycles. The first-order valence-electron chi connectivity index (χ1n) is 17.6. The molecule has 6 rings (SSSR count). The van der Waals surface area contributed by atoms with Crippen LogP contribution in [0.5, 0.6) is 0 Å². The number of imide groups is 1. The van der Waals surface area contributed by atoms with E-state index < -0.39 is 35.0 Å². The Labute approximate surface area is 283 Å². The molecule has 3 saturated carbocycles. The van der Waals surface area contributed by atoms with E-state index in [1.54, 1.807) is 24.3 Å². The van der Waals surface area contributed by atoms with Crippen molar-refractivity contribution in [2.45, 2.75) is 78.6 Å². The third kappa shape index (κ3) is 5.70. The van der Waals surface area contributed by atoms with Gasteiger partial charge in [0.15, 0.2) is 0 Å². The Morgan fingerprint density at radius 2 is 1.81 bits per heavy atom. The van der Waals surface area contributed by atoms with E-state index in [9.17, 15) is 24.3 Å². The second-order valence-electron chi connectivity index (χ2n) is 15.6. The van der Waals surface area contributed by atoms with Gasteiger partial charge < -0.3 is 20.3 Å². The summed E-state index contributed by atoms with van der Waals surface area (Å²) in [7, 11) is 0. The van der Waals surface area contributed by atoms with Gasteiger partial charge in [-0.25, -0.2) is 9.69 Å². The monoisotopic (exact) mass is 664 g/mol. The van der Waals surface area contributed by atoms with E-state index >= 15 is 0 Å². The molecule has 0 radical (unpaired) electrons. The Hall–Kier alpha value is -3.12. The Bertz CT molecular complexity index is 1480. The van der Waals surface area contributed by atoms with Crippen molar-refractivity contribution >= 4 is 29.4 Å². The summed E-state index contributed by atoms with van der Waals surface area (Å²) in [5, 5.41) is 23.8. The Kier molecular flexibility index (Phi) is 9.38. The number of hydrogen-bond donors (Lipinski definition) is 3. The van der Waals surface area contributed by atoms with Crippen LogP contribution in [0.1, 0.15) is 75.7 Å². The van der Waals surface area contributed by atoms with E-state index in [1.807, 2.05) is 6.92 Å². The van der Waals surface area contributed by atoms with Gasteiger partial charge in [0.2, 0.25) is 5.91 Å². The topological polar surface area (TPSA) is 140 Å². The van der Waals surface area contributed by atoms with Crippen molar-refractivity contribution < 1.29 is 34.1 Å². The molecule has 3 N–H and O–H groups in total. The van der Waals surface area contributed by atoms with Crippen LogP contribution in [-0.2, 0) is 20.9 Å². The number of piperazine rings is 1. The molecule has 2 heterocycles. The average molecular weight is 665 g/mol. The third-order valence-electron chi connectivity index (χ3n) is 13.2. The highest BCUT2D eigenvalue weighted by Gasteiger charge is 2.68. The molecule has 48 heavy (non-hydrogen) atoms. The molecule has 3 aliphatic carbocycles. The van der Waals surface area contributed by atoms with Crippen LogP contribution in [-0.4, -0.2) is 107 Å². The van der Waals surface area contributed by atoms with Gasteiger partial charge in [-0.1, -0.05) is 39.8 Å². The number of Topliss-reactive ketones (excluding diaryl/α,β-unsaturated/α-hetero) is 1. The number of aliphatic hydroxyl groups is 2. The zero-order valence-electron chi connectivity index (χ0n) is 28.9. The van der Waals surface area contributed by atoms with Crippen molar-refractivity contribution in [3.8, 4) is 0 Å². The van der Waals surface area contributed by atoms with E-state index in [0.29, 0.717) is 36.2 Å². The van der Waals surface area contributed by atoms with Crippen LogP contribution in [0, 0.1) is 34.0 Å². The molecule has 3 amide bonds. The number of carbonyl (C=O) groups is 4. The number of fused-ring (bicyclic) bond motifs is 1. The third-order valence-corrected chi connectivity index (χ3v) is 13.2. The highest BCUT2D eigenvalue weighted by molar-refractivity contribution is 6.07. The zero-order chi connectivity index (χ0) is 34.6. The number of rotatable bonds is 7. The highest BCUT2D eigenvalue weighted by atomic mass is 16.6. The van der Waals surface area contributed by atoms with Gasteiger partial charge in [-0.3, -0.25) is 24.2 Å². The SMILES string of the molecule is C=C[C@]1(C)C[C@@H](OC(=O)N2Cc3ccc(NC(=O)CN4CCN(CCO)CC4)cc3C2=O)[C@]2(C)[C@H](C)CC[C@]3(CCC(=O)[C@H]32)[C@@H](C)[C@@H]1O. The number of nitrogens with one attached hydrogen (secondary N) is 1. The van der Waals surface area contributed by atoms with Crippen LogP contribution in [0.2, 0.25) is 0 Å². The summed E-state index contributed by atoms with van der Waals surface area (Å²) in [6, 6.07) is 5.10. The standard InChI is InChI=1S/C37H52N4O7/c1-6-35(4)20-29(36(5)23(2)9-11-37(24(3)32(35)45)12-10-28(43)31(36)37)48-34(47)41-21-25-7-8-26(19-27(25)33(41)46)38-30(44)22-40-15-13-39(14-16-40)17-18-42/h6-8,19,23-24,29,31-32,42,45H,1,9-18,20-22H2,2-5H3,(H,38,44)/t23-,24+,29-,31+,32+,35-,36+,37+/m1/s1. The molecule has 1 saturated heterocycles. The summed E-state index contributed by atoms with van der Waals surface area (Å²) in [6.07, 6.45) is 2.65. The number of benzene rings is 1. The molecule has 0 aromatic heterocycles. The second kappa shape index (κ2) is 13.0. The van der Waals surface area contributed by atoms with Crippen LogP contribution >= 0.6 is 0 Å². The maximum Gasteiger partial charge on any atom is 0.417 e. The summed E-state index contributed by atoms with van der Waals surface area (Å²) >= 11 is 0. The Morgan fingerprint density at radius 1 is 1.10 bits per heavy atom. The summed E-state index contributed by atoms with van der Waals surface area (Å²) in [6.45, 7) is 16.3. The number of carbonyl (C=O) groups excluding carboxylic acids is 4. The summed E-state index contributed by atoms with van der Waals surface area (Å²) < 4.78 is 6.37. The van der Waals surface area contributed by atoms with Gasteiger partial charge >= 0.3 is 6.09 Å². The van der Waals surface area contributed by atoms with Crippen LogP contribution in [0.3, 0.4) is 0 Å². The fraction of sp³-hybridized carbons (Fsp3) is 0.676. The molecule has 2 bridgehead atoms. The molecule has 5 aliphatic rings. The largest absolute Gasteiger partial charge is 0.445 e. The van der Waals surface area contributed by atoms with Crippen LogP contribution in [0.4, 0.5) is 10.5 Å². The van der Waals surface area contributed by atoms with Crippen molar-refractivity contribution in [1.29, 1.82) is 0 Å². The lowest BCUT2D eigenvalue weighted by atomic mass is 9.44. The van der Waals surface area contributed by atoms with Crippen LogP contribution in [0.15, 0.2) is 30.9 Å². The summed E-state index contributed by atoms with van der Waals surface area (Å²) in [5.74, 6) is -0.918. The molecule has 0 unspecified atom stereocenters. The maximum absolute atomic E-state index is 14.0. The number of nitrogens with zero attached hydrogens (tertiary/aromatic N) is 3. The van der Waals surface area contributed by atoms with Gasteiger partial charge in [0.1, 0.15) is 11.9 Å². The van der Waals surface area contributed by atoms with Gasteiger partial charge in [0, 0.05) is 67.1 Å². The number of ether oxygens (including phenoxy) is 1. The van der Waals surface area contributed by atoms with Crippen LogP contribution in [0.25, 0.3) is 0 Å². The number of ketones is 1. The molecule has 4 fully saturated rings. The molecule has 2 aliphatic heterocycles. The number of anilines is 1. The van der Waals surface area contributed by atoms with Gasteiger partial charge in [0.25, 0.3) is 5.91 Å². The highest BCUT2D eigenvalue weighted by Crippen LogP contribution is 2.68. The first kappa shape index (κ1) is 34.7. The Balaban J connectivity index is 1.18. The molecular weight excluding hydrogens is 612 g/mol. The molecule has 11 heteroatoms. The van der Waals surface area contributed by atoms with Gasteiger partial charge in [-0.05, 0) is 60.6 Å². The lowest BCUT2D eigenvalue weighted by Gasteiger charge is -2.61.